The molecule has 0 bridgehead atoms. The van der Waals surface area contributed by atoms with E-state index in [1.54, 1.807) is 12.1 Å². The lowest BCUT2D eigenvalue weighted by molar-refractivity contribution is -0.384. The van der Waals surface area contributed by atoms with Gasteiger partial charge in [-0.05, 0) is 36.1 Å². The van der Waals surface area contributed by atoms with Crippen molar-refractivity contribution in [2.24, 2.45) is 0 Å². The Morgan fingerprint density at radius 1 is 1.20 bits per heavy atom. The maximum Gasteiger partial charge on any atom is 0.269 e. The largest absolute Gasteiger partial charge is 0.294 e. The van der Waals surface area contributed by atoms with Crippen LogP contribution in [0.4, 0.5) is 5.69 Å². The maximum absolute atomic E-state index is 12.0. The fraction of sp³-hybridized carbons (Fsp3) is 0.214. The molecule has 6 heteroatoms. The molecule has 2 aromatic rings. The summed E-state index contributed by atoms with van der Waals surface area (Å²) in [7, 11) is 0. The van der Waals surface area contributed by atoms with Gasteiger partial charge in [0.2, 0.25) is 0 Å². The fourth-order valence-electron chi connectivity index (χ4n) is 2.50. The second-order valence-electron chi connectivity index (χ2n) is 4.67. The minimum Gasteiger partial charge on any atom is -0.294 e. The Morgan fingerprint density at radius 3 is 2.55 bits per heavy atom. The van der Waals surface area contributed by atoms with Gasteiger partial charge in [0.25, 0.3) is 5.69 Å². The van der Waals surface area contributed by atoms with E-state index in [1.165, 1.54) is 23.5 Å². The molecule has 1 aromatic heterocycles. The van der Waals surface area contributed by atoms with E-state index in [4.69, 9.17) is 0 Å². The van der Waals surface area contributed by atoms with Crippen molar-refractivity contribution in [3.05, 3.63) is 45.5 Å². The van der Waals surface area contributed by atoms with Crippen molar-refractivity contribution < 1.29 is 9.72 Å². The maximum atomic E-state index is 12.0. The Bertz CT molecular complexity index is 704. The van der Waals surface area contributed by atoms with E-state index in [0.717, 1.165) is 38.6 Å². The molecule has 0 atom stereocenters. The Labute approximate surface area is 125 Å². The van der Waals surface area contributed by atoms with Crippen molar-refractivity contribution in [2.75, 3.05) is 0 Å². The summed E-state index contributed by atoms with van der Waals surface area (Å²) in [5.41, 5.74) is 2.77. The summed E-state index contributed by atoms with van der Waals surface area (Å²) in [5.74, 6) is 0.153. The molecular weight excluding hydrogens is 294 g/mol. The standard InChI is InChI=1S/C14H11NO3S2/c16-11-3-1-2-10-12(11)14(19)20-13(10)8-4-6-9(7-5-8)15(17)18/h4-7,19H,1-3H2. The average molecular weight is 305 g/mol. The van der Waals surface area contributed by atoms with Crippen LogP contribution in [0.1, 0.15) is 28.8 Å². The van der Waals surface area contributed by atoms with Gasteiger partial charge in [-0.15, -0.1) is 24.0 Å². The SMILES string of the molecule is O=C1CCCc2c(-c3ccc([N+](=O)[O-])cc3)sc(S)c21. The number of ketones is 1. The number of hydrogen-bond acceptors (Lipinski definition) is 5. The Kier molecular flexibility index (Phi) is 3.35. The van der Waals surface area contributed by atoms with Gasteiger partial charge in [-0.3, -0.25) is 14.9 Å². The molecule has 0 aliphatic heterocycles. The van der Waals surface area contributed by atoms with Crippen LogP contribution in [0, 0.1) is 10.1 Å². The van der Waals surface area contributed by atoms with Crippen molar-refractivity contribution in [1.82, 2.24) is 0 Å². The first kappa shape index (κ1) is 13.3. The van der Waals surface area contributed by atoms with Gasteiger partial charge < -0.3 is 0 Å². The number of Topliss-reactive ketones (excluding diaryl/α,β-unsaturated/α-hetero) is 1. The van der Waals surface area contributed by atoms with Crippen LogP contribution in [-0.4, -0.2) is 10.7 Å². The molecule has 0 spiro atoms. The fourth-order valence-corrected chi connectivity index (χ4v) is 4.14. The molecular formula is C14H11NO3S2. The summed E-state index contributed by atoms with van der Waals surface area (Å²) in [6.07, 6.45) is 2.30. The molecule has 102 valence electrons. The third-order valence-corrected chi connectivity index (χ3v) is 5.02. The van der Waals surface area contributed by atoms with E-state index >= 15 is 0 Å². The molecule has 0 radical (unpaired) electrons. The minimum absolute atomic E-state index is 0.0707. The predicted octanol–water partition coefficient (Wildman–Crippen LogP) is 4.13. The van der Waals surface area contributed by atoms with Gasteiger partial charge >= 0.3 is 0 Å². The molecule has 0 fully saturated rings. The highest BCUT2D eigenvalue weighted by Crippen LogP contribution is 2.42. The molecule has 20 heavy (non-hydrogen) atoms. The number of hydrogen-bond donors (Lipinski definition) is 1. The monoisotopic (exact) mass is 305 g/mol. The molecule has 4 nitrogen and oxygen atoms in total. The van der Waals surface area contributed by atoms with Crippen molar-refractivity contribution in [3.63, 3.8) is 0 Å². The van der Waals surface area contributed by atoms with Crippen molar-refractivity contribution in [2.45, 2.75) is 23.5 Å². The highest BCUT2D eigenvalue weighted by atomic mass is 32.2. The number of rotatable bonds is 2. The summed E-state index contributed by atoms with van der Waals surface area (Å²) in [4.78, 5) is 23.2. The summed E-state index contributed by atoms with van der Waals surface area (Å²) in [5, 5.41) is 10.7. The third kappa shape index (κ3) is 2.14. The molecule has 0 N–H and O–H groups in total. The highest BCUT2D eigenvalue weighted by molar-refractivity contribution is 7.83. The van der Waals surface area contributed by atoms with Crippen LogP contribution >= 0.6 is 24.0 Å². The zero-order chi connectivity index (χ0) is 14.3. The van der Waals surface area contributed by atoms with Crippen molar-refractivity contribution >= 4 is 35.4 Å². The Balaban J connectivity index is 2.09. The number of thiophene rings is 1. The second-order valence-corrected chi connectivity index (χ2v) is 6.44. The third-order valence-electron chi connectivity index (χ3n) is 3.44. The molecule has 0 unspecified atom stereocenters. The minimum atomic E-state index is -0.415. The molecule has 1 heterocycles. The number of fused-ring (bicyclic) bond motifs is 1. The van der Waals surface area contributed by atoms with E-state index in [2.05, 4.69) is 12.6 Å². The summed E-state index contributed by atoms with van der Waals surface area (Å²) in [6, 6.07) is 6.45. The molecule has 3 rings (SSSR count). The Hall–Kier alpha value is -1.66. The highest BCUT2D eigenvalue weighted by Gasteiger charge is 2.26. The van der Waals surface area contributed by atoms with Gasteiger partial charge in [-0.1, -0.05) is 0 Å². The first-order valence-electron chi connectivity index (χ1n) is 6.20. The number of carbonyl (C=O) groups is 1. The lowest BCUT2D eigenvalue weighted by Crippen LogP contribution is -2.09. The van der Waals surface area contributed by atoms with Crippen LogP contribution in [-0.2, 0) is 6.42 Å². The predicted molar refractivity (Wildman–Crippen MR) is 80.9 cm³/mol. The van der Waals surface area contributed by atoms with Gasteiger partial charge in [-0.2, -0.15) is 0 Å². The second kappa shape index (κ2) is 5.03. The van der Waals surface area contributed by atoms with E-state index < -0.39 is 4.92 Å². The zero-order valence-electron chi connectivity index (χ0n) is 10.5. The van der Waals surface area contributed by atoms with E-state index in [0.29, 0.717) is 6.42 Å². The first-order valence-corrected chi connectivity index (χ1v) is 7.47. The quantitative estimate of drug-likeness (QED) is 0.515. The lowest BCUT2D eigenvalue weighted by Gasteiger charge is -2.12. The number of nitrogens with zero attached hydrogens (tertiary/aromatic N) is 1. The molecule has 1 aromatic carbocycles. The average Bonchev–Trinajstić information content (AvgIpc) is 2.77. The van der Waals surface area contributed by atoms with Crippen LogP contribution in [0.5, 0.6) is 0 Å². The van der Waals surface area contributed by atoms with E-state index in [-0.39, 0.29) is 11.5 Å². The number of carbonyl (C=O) groups excluding carboxylic acids is 1. The van der Waals surface area contributed by atoms with Crippen LogP contribution < -0.4 is 0 Å². The molecule has 0 saturated heterocycles. The number of non-ortho nitro benzene ring substituents is 1. The van der Waals surface area contributed by atoms with Gasteiger partial charge in [0.15, 0.2) is 5.78 Å². The van der Waals surface area contributed by atoms with Crippen LogP contribution in [0.25, 0.3) is 10.4 Å². The van der Waals surface area contributed by atoms with Crippen LogP contribution in [0.15, 0.2) is 28.5 Å². The van der Waals surface area contributed by atoms with Crippen molar-refractivity contribution in [1.29, 1.82) is 0 Å². The zero-order valence-corrected chi connectivity index (χ0v) is 12.2. The molecule has 1 aliphatic rings. The lowest BCUT2D eigenvalue weighted by atomic mass is 9.91. The van der Waals surface area contributed by atoms with Gasteiger partial charge in [0.05, 0.1) is 9.13 Å². The number of nitro groups is 1. The Morgan fingerprint density at radius 2 is 1.90 bits per heavy atom. The summed E-state index contributed by atoms with van der Waals surface area (Å²) in [6.45, 7) is 0. The summed E-state index contributed by atoms with van der Waals surface area (Å²) >= 11 is 5.88. The number of thiol groups is 1. The van der Waals surface area contributed by atoms with Gasteiger partial charge in [-0.25, -0.2) is 0 Å². The van der Waals surface area contributed by atoms with E-state index in [9.17, 15) is 14.9 Å². The van der Waals surface area contributed by atoms with Gasteiger partial charge in [0, 0.05) is 29.0 Å². The topological polar surface area (TPSA) is 60.2 Å². The number of benzene rings is 1. The first-order chi connectivity index (χ1) is 9.58. The van der Waals surface area contributed by atoms with Crippen molar-refractivity contribution in [3.8, 4) is 10.4 Å². The summed E-state index contributed by atoms with van der Waals surface area (Å²) < 4.78 is 0.748. The van der Waals surface area contributed by atoms with Crippen LogP contribution in [0.2, 0.25) is 0 Å². The molecule has 1 aliphatic carbocycles. The normalized spacial score (nSPS) is 14.2. The molecule has 0 amide bonds. The van der Waals surface area contributed by atoms with E-state index in [1.807, 2.05) is 0 Å². The number of nitro benzene ring substituents is 1. The smallest absolute Gasteiger partial charge is 0.269 e. The molecule has 0 saturated carbocycles. The van der Waals surface area contributed by atoms with Crippen LogP contribution in [0.3, 0.4) is 0 Å². The van der Waals surface area contributed by atoms with Gasteiger partial charge in [0.1, 0.15) is 0 Å².